The average molecular weight is 347 g/mol. The zero-order valence-corrected chi connectivity index (χ0v) is 14.3. The van der Waals surface area contributed by atoms with Crippen molar-refractivity contribution in [2.24, 2.45) is 5.73 Å². The molecule has 3 rings (SSSR count). The number of carbonyl (C=O) groups excluding carboxylic acids is 2. The molecule has 1 fully saturated rings. The standard InChI is InChI=1S/C17H21N3O3S/c18-15(21)9-20(12-5-1-2-6-12)17(22)11-23-10-16-19-13-7-3-4-8-14(13)24-16/h3-4,7-8,12H,1-2,5-6,9-11H2,(H2,18,21). The number of primary amides is 1. The summed E-state index contributed by atoms with van der Waals surface area (Å²) in [6, 6.07) is 7.99. The van der Waals surface area contributed by atoms with Crippen molar-refractivity contribution in [1.29, 1.82) is 0 Å². The van der Waals surface area contributed by atoms with E-state index in [-0.39, 0.29) is 25.1 Å². The van der Waals surface area contributed by atoms with Crippen LogP contribution in [0.5, 0.6) is 0 Å². The Bertz CT molecular complexity index is 692. The Morgan fingerprint density at radius 2 is 2.04 bits per heavy atom. The van der Waals surface area contributed by atoms with E-state index in [2.05, 4.69) is 4.98 Å². The lowest BCUT2D eigenvalue weighted by Crippen LogP contribution is -2.45. The topological polar surface area (TPSA) is 85.5 Å². The van der Waals surface area contributed by atoms with Crippen molar-refractivity contribution in [1.82, 2.24) is 9.88 Å². The second-order valence-electron chi connectivity index (χ2n) is 5.99. The number of hydrogen-bond donors (Lipinski definition) is 1. The number of amides is 2. The van der Waals surface area contributed by atoms with Gasteiger partial charge in [-0.3, -0.25) is 9.59 Å². The van der Waals surface area contributed by atoms with Gasteiger partial charge in [-0.25, -0.2) is 4.98 Å². The molecule has 1 aromatic heterocycles. The third-order valence-corrected chi connectivity index (χ3v) is 5.21. The van der Waals surface area contributed by atoms with Gasteiger partial charge in [0, 0.05) is 6.04 Å². The van der Waals surface area contributed by atoms with Crippen molar-refractivity contribution in [3.63, 3.8) is 0 Å². The van der Waals surface area contributed by atoms with Gasteiger partial charge in [0.1, 0.15) is 11.6 Å². The maximum atomic E-state index is 12.4. The van der Waals surface area contributed by atoms with Crippen molar-refractivity contribution in [2.75, 3.05) is 13.2 Å². The fraction of sp³-hybridized carbons (Fsp3) is 0.471. The van der Waals surface area contributed by atoms with Gasteiger partial charge in [-0.05, 0) is 25.0 Å². The number of para-hydroxylation sites is 1. The normalized spacial score (nSPS) is 15.0. The first-order valence-corrected chi connectivity index (χ1v) is 8.95. The zero-order valence-electron chi connectivity index (χ0n) is 13.4. The number of carbonyl (C=O) groups is 2. The number of thiazole rings is 1. The summed E-state index contributed by atoms with van der Waals surface area (Å²) in [4.78, 5) is 29.7. The van der Waals surface area contributed by atoms with Gasteiger partial charge in [-0.2, -0.15) is 0 Å². The summed E-state index contributed by atoms with van der Waals surface area (Å²) in [5.74, 6) is -0.664. The molecule has 6 nitrogen and oxygen atoms in total. The van der Waals surface area contributed by atoms with Crippen LogP contribution >= 0.6 is 11.3 Å². The van der Waals surface area contributed by atoms with Gasteiger partial charge >= 0.3 is 0 Å². The molecule has 2 amide bonds. The Kier molecular flexibility index (Phi) is 5.42. The monoisotopic (exact) mass is 347 g/mol. The summed E-state index contributed by atoms with van der Waals surface area (Å²) < 4.78 is 6.64. The molecule has 0 aliphatic heterocycles. The van der Waals surface area contributed by atoms with Crippen LogP contribution in [0.4, 0.5) is 0 Å². The lowest BCUT2D eigenvalue weighted by molar-refractivity contribution is -0.142. The van der Waals surface area contributed by atoms with E-state index in [1.165, 1.54) is 0 Å². The zero-order chi connectivity index (χ0) is 16.9. The van der Waals surface area contributed by atoms with Gasteiger partial charge < -0.3 is 15.4 Å². The predicted molar refractivity (Wildman–Crippen MR) is 92.4 cm³/mol. The third kappa shape index (κ3) is 4.10. The highest BCUT2D eigenvalue weighted by molar-refractivity contribution is 7.18. The van der Waals surface area contributed by atoms with Crippen LogP contribution in [0.1, 0.15) is 30.7 Å². The molecular formula is C17H21N3O3S. The maximum Gasteiger partial charge on any atom is 0.249 e. The second kappa shape index (κ2) is 7.72. The van der Waals surface area contributed by atoms with Crippen molar-refractivity contribution < 1.29 is 14.3 Å². The van der Waals surface area contributed by atoms with Gasteiger partial charge in [0.25, 0.3) is 0 Å². The summed E-state index contributed by atoms with van der Waals surface area (Å²) >= 11 is 1.56. The minimum Gasteiger partial charge on any atom is -0.368 e. The van der Waals surface area contributed by atoms with Crippen LogP contribution in [0.25, 0.3) is 10.2 Å². The third-order valence-electron chi connectivity index (χ3n) is 4.20. The molecule has 2 N–H and O–H groups in total. The lowest BCUT2D eigenvalue weighted by Gasteiger charge is -2.27. The molecule has 0 saturated heterocycles. The molecule has 1 aliphatic carbocycles. The molecule has 128 valence electrons. The Morgan fingerprint density at radius 3 is 2.75 bits per heavy atom. The van der Waals surface area contributed by atoms with Crippen molar-refractivity contribution in [2.45, 2.75) is 38.3 Å². The molecule has 2 aromatic rings. The minimum absolute atomic E-state index is 0.0337. The predicted octanol–water partition coefficient (Wildman–Crippen LogP) is 2.07. The van der Waals surface area contributed by atoms with Crippen molar-refractivity contribution in [3.8, 4) is 0 Å². The molecule has 1 heterocycles. The quantitative estimate of drug-likeness (QED) is 0.831. The Hall–Kier alpha value is -1.99. The Balaban J connectivity index is 1.55. The van der Waals surface area contributed by atoms with Gasteiger partial charge in [-0.15, -0.1) is 11.3 Å². The van der Waals surface area contributed by atoms with E-state index in [4.69, 9.17) is 10.5 Å². The SMILES string of the molecule is NC(=O)CN(C(=O)COCc1nc2ccccc2s1)C1CCCC1. The molecule has 0 unspecified atom stereocenters. The van der Waals surface area contributed by atoms with Gasteiger partial charge in [0.15, 0.2) is 0 Å². The van der Waals surface area contributed by atoms with Crippen LogP contribution in [0.2, 0.25) is 0 Å². The number of rotatable bonds is 7. The van der Waals surface area contributed by atoms with E-state index in [0.29, 0.717) is 6.61 Å². The molecule has 0 spiro atoms. The van der Waals surface area contributed by atoms with Crippen LogP contribution < -0.4 is 5.73 Å². The maximum absolute atomic E-state index is 12.4. The first kappa shape index (κ1) is 16.9. The van der Waals surface area contributed by atoms with E-state index in [9.17, 15) is 9.59 Å². The number of hydrogen-bond acceptors (Lipinski definition) is 5. The van der Waals surface area contributed by atoms with Gasteiger partial charge in [0.05, 0.1) is 23.4 Å². The second-order valence-corrected chi connectivity index (χ2v) is 7.11. The van der Waals surface area contributed by atoms with Crippen molar-refractivity contribution in [3.05, 3.63) is 29.3 Å². The highest BCUT2D eigenvalue weighted by atomic mass is 32.1. The number of nitrogens with zero attached hydrogens (tertiary/aromatic N) is 2. The van der Waals surface area contributed by atoms with Crippen LogP contribution in [0.15, 0.2) is 24.3 Å². The molecule has 1 aliphatic rings. The molecular weight excluding hydrogens is 326 g/mol. The molecule has 24 heavy (non-hydrogen) atoms. The Labute approximate surface area is 144 Å². The molecule has 1 aromatic carbocycles. The van der Waals surface area contributed by atoms with E-state index < -0.39 is 5.91 Å². The molecule has 7 heteroatoms. The number of fused-ring (bicyclic) bond motifs is 1. The van der Waals surface area contributed by atoms with Crippen LogP contribution in [-0.4, -0.2) is 40.9 Å². The van der Waals surface area contributed by atoms with Gasteiger partial charge in [-0.1, -0.05) is 25.0 Å². The highest BCUT2D eigenvalue weighted by Gasteiger charge is 2.27. The van der Waals surface area contributed by atoms with Gasteiger partial charge in [0.2, 0.25) is 11.8 Å². The number of nitrogens with two attached hydrogens (primary N) is 1. The first-order valence-electron chi connectivity index (χ1n) is 8.13. The summed E-state index contributed by atoms with van der Waals surface area (Å²) in [5, 5.41) is 0.839. The summed E-state index contributed by atoms with van der Waals surface area (Å²) in [5.41, 5.74) is 6.22. The smallest absolute Gasteiger partial charge is 0.249 e. The highest BCUT2D eigenvalue weighted by Crippen LogP contribution is 2.24. The van der Waals surface area contributed by atoms with Crippen LogP contribution in [0.3, 0.4) is 0 Å². The first-order chi connectivity index (χ1) is 11.6. The van der Waals surface area contributed by atoms with E-state index >= 15 is 0 Å². The molecule has 0 bridgehead atoms. The summed E-state index contributed by atoms with van der Waals surface area (Å²) in [7, 11) is 0. The fourth-order valence-electron chi connectivity index (χ4n) is 3.09. The van der Waals surface area contributed by atoms with E-state index in [1.54, 1.807) is 16.2 Å². The largest absolute Gasteiger partial charge is 0.368 e. The van der Waals surface area contributed by atoms with Crippen LogP contribution in [0, 0.1) is 0 Å². The molecule has 1 saturated carbocycles. The summed E-state index contributed by atoms with van der Waals surface area (Å²) in [6.45, 7) is 0.202. The van der Waals surface area contributed by atoms with Crippen molar-refractivity contribution >= 4 is 33.4 Å². The average Bonchev–Trinajstić information content (AvgIpc) is 3.21. The fourth-order valence-corrected chi connectivity index (χ4v) is 4.00. The van der Waals surface area contributed by atoms with E-state index in [0.717, 1.165) is 40.9 Å². The van der Waals surface area contributed by atoms with E-state index in [1.807, 2.05) is 24.3 Å². The summed E-state index contributed by atoms with van der Waals surface area (Å²) in [6.07, 6.45) is 4.02. The number of benzene rings is 1. The van der Waals surface area contributed by atoms with Crippen LogP contribution in [-0.2, 0) is 20.9 Å². The molecule has 0 atom stereocenters. The molecule has 0 radical (unpaired) electrons. The number of ether oxygens (including phenoxy) is 1. The minimum atomic E-state index is -0.485. The number of aromatic nitrogens is 1. The lowest BCUT2D eigenvalue weighted by atomic mass is 10.2. The Morgan fingerprint density at radius 1 is 1.29 bits per heavy atom.